The molecule has 0 saturated heterocycles. The summed E-state index contributed by atoms with van der Waals surface area (Å²) in [6, 6.07) is 1.79. The quantitative estimate of drug-likeness (QED) is 0.310. The van der Waals surface area contributed by atoms with E-state index in [2.05, 4.69) is 4.62 Å². The van der Waals surface area contributed by atoms with Gasteiger partial charge in [0.15, 0.2) is 0 Å². The van der Waals surface area contributed by atoms with Crippen molar-refractivity contribution in [3.63, 3.8) is 0 Å². The van der Waals surface area contributed by atoms with Crippen LogP contribution < -0.4 is 5.90 Å². The molecular weight excluding hydrogens is 275 g/mol. The Labute approximate surface area is 112 Å². The Hall–Kier alpha value is -0.970. The van der Waals surface area contributed by atoms with Gasteiger partial charge in [-0.2, -0.15) is 5.26 Å². The lowest BCUT2D eigenvalue weighted by Gasteiger charge is -2.19. The zero-order chi connectivity index (χ0) is 14.9. The van der Waals surface area contributed by atoms with E-state index < -0.39 is 19.4 Å². The van der Waals surface area contributed by atoms with Gasteiger partial charge in [0.25, 0.3) is 0 Å². The van der Waals surface area contributed by atoms with Gasteiger partial charge in [-0.3, -0.25) is 13.8 Å². The molecule has 1 unspecified atom stereocenters. The number of nitrogens with zero attached hydrogens (tertiary/aromatic N) is 1. The lowest BCUT2D eigenvalue weighted by Crippen LogP contribution is -2.24. The Morgan fingerprint density at radius 1 is 1.32 bits per heavy atom. The van der Waals surface area contributed by atoms with E-state index in [0.717, 1.165) is 0 Å². The van der Waals surface area contributed by atoms with Crippen LogP contribution >= 0.6 is 7.82 Å². The number of hydrogen-bond donors (Lipinski definition) is 1. The molecule has 0 bridgehead atoms. The van der Waals surface area contributed by atoms with Gasteiger partial charge >= 0.3 is 13.8 Å². The minimum absolute atomic E-state index is 0.0166. The Bertz CT molecular complexity index is 373. The zero-order valence-corrected chi connectivity index (χ0v) is 12.1. The maximum absolute atomic E-state index is 11.7. The number of hydrogen-bond acceptors (Lipinski definition) is 8. The van der Waals surface area contributed by atoms with Crippen molar-refractivity contribution in [3.8, 4) is 6.07 Å². The third kappa shape index (κ3) is 9.59. The summed E-state index contributed by atoms with van der Waals surface area (Å²) in [5, 5.41) is 8.30. The summed E-state index contributed by atoms with van der Waals surface area (Å²) in [6.45, 7) is 4.81. The zero-order valence-electron chi connectivity index (χ0n) is 11.2. The number of ether oxygens (including phenoxy) is 1. The average Bonchev–Trinajstić information content (AvgIpc) is 2.27. The molecule has 0 aliphatic carbocycles. The van der Waals surface area contributed by atoms with Crippen LogP contribution in [-0.2, 0) is 27.8 Å². The molecular formula is C10H19N2O6P. The first kappa shape index (κ1) is 18.0. The second-order valence-corrected chi connectivity index (χ2v) is 6.09. The maximum atomic E-state index is 11.7. The van der Waals surface area contributed by atoms with Crippen molar-refractivity contribution >= 4 is 13.8 Å². The summed E-state index contributed by atoms with van der Waals surface area (Å²) in [5.74, 6) is 4.29. The fourth-order valence-corrected chi connectivity index (χ4v) is 1.76. The lowest BCUT2D eigenvalue weighted by molar-refractivity contribution is -0.155. The van der Waals surface area contributed by atoms with Gasteiger partial charge in [-0.25, -0.2) is 15.1 Å². The van der Waals surface area contributed by atoms with E-state index in [4.69, 9.17) is 24.9 Å². The Kier molecular flexibility index (Phi) is 7.83. The smallest absolute Gasteiger partial charge is 0.460 e. The van der Waals surface area contributed by atoms with Gasteiger partial charge in [-0.05, 0) is 20.8 Å². The van der Waals surface area contributed by atoms with E-state index in [1.807, 2.05) is 0 Å². The van der Waals surface area contributed by atoms with Crippen LogP contribution in [0.25, 0.3) is 0 Å². The van der Waals surface area contributed by atoms with Crippen molar-refractivity contribution in [2.24, 2.45) is 5.90 Å². The van der Waals surface area contributed by atoms with Crippen molar-refractivity contribution in [1.82, 2.24) is 0 Å². The van der Waals surface area contributed by atoms with E-state index in [-0.39, 0.29) is 26.1 Å². The van der Waals surface area contributed by atoms with Crippen LogP contribution in [-0.4, -0.2) is 24.8 Å². The third-order valence-corrected chi connectivity index (χ3v) is 2.82. The predicted molar refractivity (Wildman–Crippen MR) is 65.5 cm³/mol. The number of phosphoric ester groups is 1. The number of esters is 1. The molecule has 0 radical (unpaired) electrons. The molecule has 0 heterocycles. The van der Waals surface area contributed by atoms with Crippen LogP contribution in [0.1, 0.15) is 33.6 Å². The maximum Gasteiger partial charge on any atom is 0.491 e. The molecule has 0 amide bonds. The van der Waals surface area contributed by atoms with Gasteiger partial charge in [-0.15, -0.1) is 0 Å². The van der Waals surface area contributed by atoms with Crippen molar-refractivity contribution in [2.75, 3.05) is 13.2 Å². The first-order chi connectivity index (χ1) is 8.72. The molecule has 0 spiro atoms. The Morgan fingerprint density at radius 2 is 1.89 bits per heavy atom. The molecule has 110 valence electrons. The number of rotatable bonds is 8. The van der Waals surface area contributed by atoms with Crippen LogP contribution in [0.15, 0.2) is 0 Å². The van der Waals surface area contributed by atoms with Gasteiger partial charge in [0.05, 0.1) is 32.1 Å². The third-order valence-electron chi connectivity index (χ3n) is 1.57. The van der Waals surface area contributed by atoms with Gasteiger partial charge in [0.1, 0.15) is 5.60 Å². The van der Waals surface area contributed by atoms with E-state index in [0.29, 0.717) is 0 Å². The summed E-state index contributed by atoms with van der Waals surface area (Å²) >= 11 is 0. The molecule has 0 fully saturated rings. The molecule has 0 rings (SSSR count). The number of carbonyl (C=O) groups excluding carboxylic acids is 1. The standard InChI is InChI=1S/C10H19N2O6P/c1-10(2,3)17-9(13)5-8-16-19(14,18-12)15-7-4-6-11/h4-5,7-8,12H2,1-3H3. The van der Waals surface area contributed by atoms with Gasteiger partial charge in [0, 0.05) is 0 Å². The first-order valence-corrected chi connectivity index (χ1v) is 7.05. The second kappa shape index (κ2) is 8.25. The summed E-state index contributed by atoms with van der Waals surface area (Å²) in [4.78, 5) is 11.3. The molecule has 1 atom stereocenters. The normalized spacial score (nSPS) is 14.5. The monoisotopic (exact) mass is 294 g/mol. The number of carbonyl (C=O) groups is 1. The largest absolute Gasteiger partial charge is 0.491 e. The van der Waals surface area contributed by atoms with Crippen LogP contribution in [0.4, 0.5) is 0 Å². The van der Waals surface area contributed by atoms with Gasteiger partial charge in [-0.1, -0.05) is 0 Å². The molecule has 0 aliphatic heterocycles. The van der Waals surface area contributed by atoms with E-state index in [1.165, 1.54) is 0 Å². The average molecular weight is 294 g/mol. The highest BCUT2D eigenvalue weighted by Crippen LogP contribution is 2.47. The highest BCUT2D eigenvalue weighted by atomic mass is 31.2. The second-order valence-electron chi connectivity index (χ2n) is 4.46. The van der Waals surface area contributed by atoms with Crippen LogP contribution in [0.3, 0.4) is 0 Å². The Morgan fingerprint density at radius 3 is 2.37 bits per heavy atom. The number of phosphoric acid groups is 1. The highest BCUT2D eigenvalue weighted by molar-refractivity contribution is 7.48. The predicted octanol–water partition coefficient (Wildman–Crippen LogP) is 1.66. The molecule has 0 aromatic rings. The molecule has 19 heavy (non-hydrogen) atoms. The summed E-state index contributed by atoms with van der Waals surface area (Å²) in [6.07, 6.45) is -0.102. The molecule has 2 N–H and O–H groups in total. The van der Waals surface area contributed by atoms with Crippen LogP contribution in [0.2, 0.25) is 0 Å². The van der Waals surface area contributed by atoms with E-state index >= 15 is 0 Å². The minimum Gasteiger partial charge on any atom is -0.460 e. The fourth-order valence-electron chi connectivity index (χ4n) is 0.935. The minimum atomic E-state index is -3.92. The summed E-state index contributed by atoms with van der Waals surface area (Å²) < 4.78 is 30.3. The topological polar surface area (TPSA) is 121 Å². The van der Waals surface area contributed by atoms with Crippen LogP contribution in [0, 0.1) is 11.3 Å². The molecule has 9 heteroatoms. The first-order valence-electron chi connectivity index (χ1n) is 5.59. The lowest BCUT2D eigenvalue weighted by atomic mass is 10.2. The van der Waals surface area contributed by atoms with Crippen molar-refractivity contribution in [1.29, 1.82) is 5.26 Å². The van der Waals surface area contributed by atoms with Crippen molar-refractivity contribution in [2.45, 2.75) is 39.2 Å². The fraction of sp³-hybridized carbons (Fsp3) is 0.800. The number of nitrogens with two attached hydrogens (primary N) is 1. The molecule has 0 aliphatic rings. The Balaban J connectivity index is 4.05. The van der Waals surface area contributed by atoms with Crippen molar-refractivity contribution < 1.29 is 27.8 Å². The highest BCUT2D eigenvalue weighted by Gasteiger charge is 2.26. The van der Waals surface area contributed by atoms with Crippen molar-refractivity contribution in [3.05, 3.63) is 0 Å². The molecule has 0 aromatic heterocycles. The van der Waals surface area contributed by atoms with Gasteiger partial charge in [0.2, 0.25) is 0 Å². The van der Waals surface area contributed by atoms with Gasteiger partial charge < -0.3 is 4.74 Å². The summed E-state index contributed by atoms with van der Waals surface area (Å²) in [5.41, 5.74) is -0.603. The van der Waals surface area contributed by atoms with Crippen LogP contribution in [0.5, 0.6) is 0 Å². The number of nitriles is 1. The van der Waals surface area contributed by atoms with E-state index in [9.17, 15) is 9.36 Å². The molecule has 0 aromatic carbocycles. The molecule has 8 nitrogen and oxygen atoms in total. The molecule has 0 saturated carbocycles. The van der Waals surface area contributed by atoms with E-state index in [1.54, 1.807) is 26.8 Å². The summed E-state index contributed by atoms with van der Waals surface area (Å²) in [7, 11) is -3.92. The SMILES string of the molecule is CC(C)(C)OC(=O)CCOP(=O)(ON)OCCC#N.